The molecule has 7 heteroatoms. The zero-order valence-corrected chi connectivity index (χ0v) is 19.3. The third kappa shape index (κ3) is 16.3. The number of hydrogen-bond acceptors (Lipinski definition) is 4. The summed E-state index contributed by atoms with van der Waals surface area (Å²) in [7, 11) is -4.38. The van der Waals surface area contributed by atoms with Crippen molar-refractivity contribution in [2.24, 2.45) is 0 Å². The zero-order chi connectivity index (χ0) is 18.3. The van der Waals surface area contributed by atoms with Gasteiger partial charge in [-0.25, -0.2) is 0 Å². The summed E-state index contributed by atoms with van der Waals surface area (Å²) in [5.74, 6) is -0.844. The van der Waals surface area contributed by atoms with E-state index in [0.29, 0.717) is 6.42 Å². The molecule has 0 aromatic rings. The molecule has 0 aromatic carbocycles. The first-order chi connectivity index (χ1) is 11.4. The number of esters is 1. The Kier molecular flexibility index (Phi) is 19.6. The molecule has 1 atom stereocenters. The van der Waals surface area contributed by atoms with Crippen LogP contribution in [0.2, 0.25) is 0 Å². The summed E-state index contributed by atoms with van der Waals surface area (Å²) in [6, 6.07) is 0. The fourth-order valence-electron chi connectivity index (χ4n) is 2.79. The predicted octanol–water partition coefficient (Wildman–Crippen LogP) is 2.01. The molecule has 1 unspecified atom stereocenters. The van der Waals surface area contributed by atoms with E-state index in [0.717, 1.165) is 19.3 Å². The zero-order valence-electron chi connectivity index (χ0n) is 17.5. The van der Waals surface area contributed by atoms with E-state index in [-0.39, 0.29) is 44.0 Å². The van der Waals surface area contributed by atoms with E-state index < -0.39 is 21.3 Å². The van der Waals surface area contributed by atoms with Gasteiger partial charge >= 0.3 is 35.5 Å². The molecule has 0 aliphatic carbocycles. The summed E-state index contributed by atoms with van der Waals surface area (Å²) < 4.78 is 36.3. The van der Waals surface area contributed by atoms with E-state index in [1.807, 2.05) is 0 Å². The summed E-state index contributed by atoms with van der Waals surface area (Å²) in [5, 5.41) is -1.43. The van der Waals surface area contributed by atoms with Gasteiger partial charge in [-0.1, -0.05) is 84.0 Å². The molecule has 1 N–H and O–H groups in total. The quantitative estimate of drug-likeness (QED) is 0.189. The molecule has 0 saturated heterocycles. The van der Waals surface area contributed by atoms with Crippen molar-refractivity contribution in [2.45, 2.75) is 103 Å². The third-order valence-electron chi connectivity index (χ3n) is 4.23. The van der Waals surface area contributed by atoms with Crippen molar-refractivity contribution in [1.29, 1.82) is 0 Å². The van der Waals surface area contributed by atoms with Crippen molar-refractivity contribution in [3.05, 3.63) is 0 Å². The number of carbonyl (C=O) groups excluding carboxylic acids is 1. The minimum absolute atomic E-state index is 0. The Morgan fingerprint density at radius 3 is 1.64 bits per heavy atom. The molecule has 0 heterocycles. The Labute approximate surface area is 178 Å². The molecular weight excluding hydrogens is 351 g/mol. The summed E-state index contributed by atoms with van der Waals surface area (Å²) in [4.78, 5) is 11.6. The number of unbranched alkanes of at least 4 members (excludes halogenated alkanes) is 11. The summed E-state index contributed by atoms with van der Waals surface area (Å²) in [6.07, 6.45) is 14.2. The van der Waals surface area contributed by atoms with Gasteiger partial charge in [0.15, 0.2) is 5.25 Å². The van der Waals surface area contributed by atoms with Crippen LogP contribution in [0, 0.1) is 0 Å². The molecule has 0 saturated carbocycles. The maximum atomic E-state index is 11.6. The Balaban J connectivity index is -0.00000264. The second kappa shape index (κ2) is 17.8. The average Bonchev–Trinajstić information content (AvgIpc) is 2.50. The van der Waals surface area contributed by atoms with Gasteiger partial charge in [0.05, 0.1) is 6.61 Å². The first-order valence-electron chi connectivity index (χ1n) is 9.56. The van der Waals surface area contributed by atoms with Crippen LogP contribution in [-0.2, 0) is 19.6 Å². The van der Waals surface area contributed by atoms with Crippen LogP contribution in [-0.4, -0.2) is 30.8 Å². The molecular formula is C18H37NaO5S. The van der Waals surface area contributed by atoms with Gasteiger partial charge < -0.3 is 6.16 Å². The molecule has 0 bridgehead atoms. The standard InChI is InChI=1S/C18H36O5S.Na.H/c1-3-5-6-7-8-9-10-11-12-13-14-15-16-17(24(20,21)22)18(19)23-4-2;;/h17H,3-16H2,1-2H3,(H,20,21,22);;/q;+1;-1. The van der Waals surface area contributed by atoms with E-state index in [9.17, 15) is 13.2 Å². The number of ether oxygens (including phenoxy) is 1. The minimum atomic E-state index is -4.38. The van der Waals surface area contributed by atoms with Crippen LogP contribution in [0.15, 0.2) is 0 Å². The SMILES string of the molecule is CCCCCCCCCCCCCCC(C(=O)OCC)S(=O)(=O)O.[H-].[Na+]. The van der Waals surface area contributed by atoms with Crippen molar-refractivity contribution < 1.29 is 53.5 Å². The summed E-state index contributed by atoms with van der Waals surface area (Å²) >= 11 is 0. The molecule has 0 aliphatic rings. The van der Waals surface area contributed by atoms with Crippen molar-refractivity contribution in [2.75, 3.05) is 6.61 Å². The largest absolute Gasteiger partial charge is 1.00 e. The molecule has 0 amide bonds. The van der Waals surface area contributed by atoms with Crippen LogP contribution in [0.25, 0.3) is 0 Å². The van der Waals surface area contributed by atoms with Crippen LogP contribution >= 0.6 is 0 Å². The molecule has 0 rings (SSSR count). The first-order valence-corrected chi connectivity index (χ1v) is 11.1. The van der Waals surface area contributed by atoms with Crippen molar-refractivity contribution in [3.63, 3.8) is 0 Å². The second-order valence-electron chi connectivity index (χ2n) is 6.43. The van der Waals surface area contributed by atoms with Crippen LogP contribution < -0.4 is 29.6 Å². The van der Waals surface area contributed by atoms with Crippen molar-refractivity contribution >= 4 is 16.1 Å². The topological polar surface area (TPSA) is 80.7 Å². The Hall–Kier alpha value is 0.380. The summed E-state index contributed by atoms with van der Waals surface area (Å²) in [6.45, 7) is 3.96. The van der Waals surface area contributed by atoms with Gasteiger partial charge in [0.1, 0.15) is 0 Å². The average molecular weight is 389 g/mol. The van der Waals surface area contributed by atoms with Crippen LogP contribution in [0.1, 0.15) is 98.7 Å². The molecule has 146 valence electrons. The van der Waals surface area contributed by atoms with E-state index in [4.69, 9.17) is 9.29 Å². The van der Waals surface area contributed by atoms with Gasteiger partial charge in [-0.2, -0.15) is 8.42 Å². The van der Waals surface area contributed by atoms with Gasteiger partial charge in [-0.05, 0) is 13.3 Å². The van der Waals surface area contributed by atoms with Crippen molar-refractivity contribution in [3.8, 4) is 0 Å². The van der Waals surface area contributed by atoms with Crippen molar-refractivity contribution in [1.82, 2.24) is 0 Å². The molecule has 0 radical (unpaired) electrons. The van der Waals surface area contributed by atoms with E-state index >= 15 is 0 Å². The van der Waals surface area contributed by atoms with E-state index in [2.05, 4.69) is 6.92 Å². The van der Waals surface area contributed by atoms with Gasteiger partial charge in [0.2, 0.25) is 0 Å². The Morgan fingerprint density at radius 2 is 1.28 bits per heavy atom. The smallest absolute Gasteiger partial charge is 1.00 e. The van der Waals surface area contributed by atoms with Crippen LogP contribution in [0.3, 0.4) is 0 Å². The molecule has 0 aromatic heterocycles. The second-order valence-corrected chi connectivity index (χ2v) is 8.03. The predicted molar refractivity (Wildman–Crippen MR) is 98.8 cm³/mol. The fraction of sp³-hybridized carbons (Fsp3) is 0.944. The van der Waals surface area contributed by atoms with Crippen LogP contribution in [0.4, 0.5) is 0 Å². The van der Waals surface area contributed by atoms with Gasteiger partial charge in [-0.3, -0.25) is 9.35 Å². The normalized spacial score (nSPS) is 12.4. The monoisotopic (exact) mass is 388 g/mol. The van der Waals surface area contributed by atoms with Crippen LogP contribution in [0.5, 0.6) is 0 Å². The molecule has 0 fully saturated rings. The summed E-state index contributed by atoms with van der Waals surface area (Å²) in [5.41, 5.74) is 0. The number of hydrogen-bond donors (Lipinski definition) is 1. The molecule has 0 aliphatic heterocycles. The maximum Gasteiger partial charge on any atom is 1.00 e. The number of carbonyl (C=O) groups is 1. The molecule has 0 spiro atoms. The minimum Gasteiger partial charge on any atom is -1.00 e. The Bertz CT molecular complexity index is 418. The van der Waals surface area contributed by atoms with E-state index in [1.54, 1.807) is 6.92 Å². The van der Waals surface area contributed by atoms with E-state index in [1.165, 1.54) is 51.4 Å². The van der Waals surface area contributed by atoms with Gasteiger partial charge in [0.25, 0.3) is 10.1 Å². The maximum absolute atomic E-state index is 11.6. The third-order valence-corrected chi connectivity index (χ3v) is 5.38. The molecule has 25 heavy (non-hydrogen) atoms. The molecule has 5 nitrogen and oxygen atoms in total. The Morgan fingerprint density at radius 1 is 0.880 bits per heavy atom. The van der Waals surface area contributed by atoms with Gasteiger partial charge in [-0.15, -0.1) is 0 Å². The number of rotatable bonds is 16. The fourth-order valence-corrected chi connectivity index (χ4v) is 3.57. The first kappa shape index (κ1) is 27.6. The van der Waals surface area contributed by atoms with Gasteiger partial charge in [0, 0.05) is 0 Å².